The van der Waals surface area contributed by atoms with Gasteiger partial charge in [0.15, 0.2) is 6.61 Å². The number of hydrogen-bond acceptors (Lipinski definition) is 3. The van der Waals surface area contributed by atoms with Crippen molar-refractivity contribution in [2.75, 3.05) is 6.61 Å². The first-order valence-corrected chi connectivity index (χ1v) is 10.6. The second-order valence-electron chi connectivity index (χ2n) is 8.00. The molecule has 0 fully saturated rings. The van der Waals surface area contributed by atoms with E-state index in [1.807, 2.05) is 77.1 Å². The summed E-state index contributed by atoms with van der Waals surface area (Å²) in [6.07, 6.45) is 0.833. The lowest BCUT2D eigenvalue weighted by molar-refractivity contribution is -0.142. The quantitative estimate of drug-likeness (QED) is 0.670. The topological polar surface area (TPSA) is 58.6 Å². The van der Waals surface area contributed by atoms with E-state index in [9.17, 15) is 9.59 Å². The molecule has 5 heteroatoms. The summed E-state index contributed by atoms with van der Waals surface area (Å²) in [5.74, 6) is 0.310. The van der Waals surface area contributed by atoms with E-state index < -0.39 is 6.04 Å². The molecule has 1 N–H and O–H groups in total. The summed E-state index contributed by atoms with van der Waals surface area (Å²) in [5.41, 5.74) is 4.22. The molecule has 0 aromatic heterocycles. The molecule has 0 bridgehead atoms. The van der Waals surface area contributed by atoms with Crippen molar-refractivity contribution in [2.24, 2.45) is 0 Å². The second kappa shape index (κ2) is 10.8. The Balaban J connectivity index is 2.19. The third-order valence-corrected chi connectivity index (χ3v) is 5.45. The van der Waals surface area contributed by atoms with Crippen LogP contribution in [0.4, 0.5) is 0 Å². The largest absolute Gasteiger partial charge is 0.483 e. The summed E-state index contributed by atoms with van der Waals surface area (Å²) in [6, 6.07) is 13.2. The molecule has 0 saturated heterocycles. The van der Waals surface area contributed by atoms with Crippen molar-refractivity contribution >= 4 is 11.8 Å². The van der Waals surface area contributed by atoms with Crippen LogP contribution in [0.1, 0.15) is 49.4 Å². The van der Waals surface area contributed by atoms with E-state index in [1.54, 1.807) is 11.8 Å². The molecule has 0 aliphatic rings. The van der Waals surface area contributed by atoms with E-state index in [0.29, 0.717) is 12.3 Å². The lowest BCUT2D eigenvalue weighted by Crippen LogP contribution is -2.50. The number of carbonyl (C=O) groups is 2. The van der Waals surface area contributed by atoms with Gasteiger partial charge in [-0.1, -0.05) is 48.9 Å². The van der Waals surface area contributed by atoms with Gasteiger partial charge in [-0.15, -0.1) is 0 Å². The highest BCUT2D eigenvalue weighted by Crippen LogP contribution is 2.19. The number of carbonyl (C=O) groups excluding carboxylic acids is 2. The SMILES string of the molecule is CCC(C)NC(=O)C(C)N(Cc1ccccc1C)C(=O)COc1ccc(C)cc1C. The van der Waals surface area contributed by atoms with E-state index in [2.05, 4.69) is 5.32 Å². The van der Waals surface area contributed by atoms with Crippen molar-refractivity contribution in [1.82, 2.24) is 10.2 Å². The molecule has 5 nitrogen and oxygen atoms in total. The van der Waals surface area contributed by atoms with Crippen molar-refractivity contribution in [1.29, 1.82) is 0 Å². The smallest absolute Gasteiger partial charge is 0.261 e. The van der Waals surface area contributed by atoms with Crippen LogP contribution < -0.4 is 10.1 Å². The molecule has 0 aliphatic heterocycles. The van der Waals surface area contributed by atoms with Gasteiger partial charge >= 0.3 is 0 Å². The lowest BCUT2D eigenvalue weighted by atomic mass is 10.1. The van der Waals surface area contributed by atoms with Crippen LogP contribution in [-0.2, 0) is 16.1 Å². The van der Waals surface area contributed by atoms with E-state index in [4.69, 9.17) is 4.74 Å². The molecule has 0 spiro atoms. The Bertz CT molecular complexity index is 878. The monoisotopic (exact) mass is 410 g/mol. The third kappa shape index (κ3) is 6.34. The van der Waals surface area contributed by atoms with Crippen LogP contribution in [0.15, 0.2) is 42.5 Å². The van der Waals surface area contributed by atoms with Gasteiger partial charge in [0.25, 0.3) is 5.91 Å². The van der Waals surface area contributed by atoms with Gasteiger partial charge in [0, 0.05) is 12.6 Å². The van der Waals surface area contributed by atoms with E-state index in [0.717, 1.165) is 28.7 Å². The Hall–Kier alpha value is -2.82. The molecule has 0 heterocycles. The van der Waals surface area contributed by atoms with Crippen LogP contribution in [0.2, 0.25) is 0 Å². The summed E-state index contributed by atoms with van der Waals surface area (Å²) < 4.78 is 5.81. The molecule has 2 rings (SSSR count). The fourth-order valence-corrected chi connectivity index (χ4v) is 3.20. The average Bonchev–Trinajstić information content (AvgIpc) is 2.71. The highest BCUT2D eigenvalue weighted by molar-refractivity contribution is 5.88. The molecule has 2 amide bonds. The fraction of sp³-hybridized carbons (Fsp3) is 0.440. The maximum atomic E-state index is 13.1. The van der Waals surface area contributed by atoms with Crippen LogP contribution in [-0.4, -0.2) is 35.4 Å². The van der Waals surface area contributed by atoms with Crippen molar-refractivity contribution < 1.29 is 14.3 Å². The number of aryl methyl sites for hydroxylation is 3. The minimum Gasteiger partial charge on any atom is -0.483 e. The Morgan fingerprint density at radius 1 is 1.03 bits per heavy atom. The van der Waals surface area contributed by atoms with E-state index in [1.165, 1.54) is 0 Å². The minimum atomic E-state index is -0.603. The zero-order valence-corrected chi connectivity index (χ0v) is 19.0. The number of nitrogens with zero attached hydrogens (tertiary/aromatic N) is 1. The number of amides is 2. The highest BCUT2D eigenvalue weighted by Gasteiger charge is 2.27. The number of nitrogens with one attached hydrogen (secondary N) is 1. The Labute approximate surface area is 180 Å². The average molecular weight is 411 g/mol. The van der Waals surface area contributed by atoms with Gasteiger partial charge < -0.3 is 15.0 Å². The zero-order valence-electron chi connectivity index (χ0n) is 19.0. The summed E-state index contributed by atoms with van der Waals surface area (Å²) in [6.45, 7) is 12.0. The Morgan fingerprint density at radius 2 is 1.73 bits per heavy atom. The number of rotatable bonds is 9. The van der Waals surface area contributed by atoms with Gasteiger partial charge in [-0.05, 0) is 63.8 Å². The van der Waals surface area contributed by atoms with Crippen LogP contribution in [0.5, 0.6) is 5.75 Å². The molecular formula is C25H34N2O3. The maximum absolute atomic E-state index is 13.1. The summed E-state index contributed by atoms with van der Waals surface area (Å²) in [5, 5.41) is 2.98. The number of ether oxygens (including phenoxy) is 1. The molecule has 0 saturated carbocycles. The first-order valence-electron chi connectivity index (χ1n) is 10.6. The lowest BCUT2D eigenvalue weighted by Gasteiger charge is -2.30. The maximum Gasteiger partial charge on any atom is 0.261 e. The van der Waals surface area contributed by atoms with Crippen molar-refractivity contribution in [3.05, 3.63) is 64.7 Å². The standard InChI is InChI=1S/C25H34N2O3/c1-7-20(5)26-25(29)21(6)27(15-22-11-9-8-10-18(22)3)24(28)16-30-23-13-12-17(2)14-19(23)4/h8-14,20-21H,7,15-16H2,1-6H3,(H,26,29). The Morgan fingerprint density at radius 3 is 2.37 bits per heavy atom. The van der Waals surface area contributed by atoms with Gasteiger partial charge in [-0.25, -0.2) is 0 Å². The second-order valence-corrected chi connectivity index (χ2v) is 8.00. The van der Waals surface area contributed by atoms with Gasteiger partial charge in [-0.3, -0.25) is 9.59 Å². The van der Waals surface area contributed by atoms with Crippen LogP contribution in [0.25, 0.3) is 0 Å². The van der Waals surface area contributed by atoms with Gasteiger partial charge in [0.2, 0.25) is 5.91 Å². The molecule has 2 aromatic carbocycles. The summed E-state index contributed by atoms with van der Waals surface area (Å²) in [4.78, 5) is 27.5. The molecular weight excluding hydrogens is 376 g/mol. The fourth-order valence-electron chi connectivity index (χ4n) is 3.20. The third-order valence-electron chi connectivity index (χ3n) is 5.45. The van der Waals surface area contributed by atoms with E-state index >= 15 is 0 Å². The molecule has 2 atom stereocenters. The van der Waals surface area contributed by atoms with Gasteiger partial charge in [0.05, 0.1) is 0 Å². The van der Waals surface area contributed by atoms with Crippen LogP contribution in [0.3, 0.4) is 0 Å². The molecule has 2 aromatic rings. The van der Waals surface area contributed by atoms with E-state index in [-0.39, 0.29) is 24.5 Å². The number of benzene rings is 2. The normalized spacial score (nSPS) is 12.7. The Kier molecular flexibility index (Phi) is 8.46. The molecule has 30 heavy (non-hydrogen) atoms. The summed E-state index contributed by atoms with van der Waals surface area (Å²) >= 11 is 0. The van der Waals surface area contributed by atoms with Gasteiger partial charge in [0.1, 0.15) is 11.8 Å². The van der Waals surface area contributed by atoms with Crippen molar-refractivity contribution in [3.8, 4) is 5.75 Å². The predicted molar refractivity (Wildman–Crippen MR) is 120 cm³/mol. The van der Waals surface area contributed by atoms with Crippen molar-refractivity contribution in [2.45, 2.75) is 66.6 Å². The van der Waals surface area contributed by atoms with Crippen LogP contribution in [0, 0.1) is 20.8 Å². The van der Waals surface area contributed by atoms with Gasteiger partial charge in [-0.2, -0.15) is 0 Å². The molecule has 2 unspecified atom stereocenters. The first kappa shape index (κ1) is 23.5. The molecule has 0 radical (unpaired) electrons. The van der Waals surface area contributed by atoms with Crippen LogP contribution >= 0.6 is 0 Å². The first-order chi connectivity index (χ1) is 14.2. The minimum absolute atomic E-state index is 0.0572. The zero-order chi connectivity index (χ0) is 22.3. The molecule has 0 aliphatic carbocycles. The van der Waals surface area contributed by atoms with Crippen molar-refractivity contribution in [3.63, 3.8) is 0 Å². The predicted octanol–water partition coefficient (Wildman–Crippen LogP) is 4.32. The molecule has 162 valence electrons. The number of hydrogen-bond donors (Lipinski definition) is 1. The summed E-state index contributed by atoms with van der Waals surface area (Å²) in [7, 11) is 0. The highest BCUT2D eigenvalue weighted by atomic mass is 16.5.